The van der Waals surface area contributed by atoms with E-state index in [0.717, 1.165) is 22.5 Å². The number of hydrogen-bond acceptors (Lipinski definition) is 4. The molecule has 0 atom stereocenters. The number of rotatable bonds is 0. The van der Waals surface area contributed by atoms with Crippen molar-refractivity contribution in [1.29, 1.82) is 0 Å². The van der Waals surface area contributed by atoms with E-state index in [2.05, 4.69) is 56.3 Å². The summed E-state index contributed by atoms with van der Waals surface area (Å²) in [6, 6.07) is 12.5. The molecule has 0 bridgehead atoms. The van der Waals surface area contributed by atoms with Gasteiger partial charge in [0.2, 0.25) is 0 Å². The van der Waals surface area contributed by atoms with Gasteiger partial charge in [-0.2, -0.15) is 0 Å². The molecule has 2 aromatic carbocycles. The van der Waals surface area contributed by atoms with Crippen molar-refractivity contribution in [2.45, 2.75) is 0 Å². The summed E-state index contributed by atoms with van der Waals surface area (Å²) in [6.45, 7) is 0. The molecule has 92 valence electrons. The summed E-state index contributed by atoms with van der Waals surface area (Å²) in [5, 5.41) is 2.44. The molecule has 4 nitrogen and oxygen atoms in total. The Morgan fingerprint density at radius 3 is 1.75 bits per heavy atom. The maximum absolute atomic E-state index is 4.66. The van der Waals surface area contributed by atoms with Crippen molar-refractivity contribution in [3.8, 4) is 22.5 Å². The molecule has 5 rings (SSSR count). The molecule has 0 spiro atoms. The number of hydrogen-bond donors (Lipinski definition) is 0. The van der Waals surface area contributed by atoms with E-state index in [0.29, 0.717) is 11.3 Å². The molecule has 0 saturated carbocycles. The summed E-state index contributed by atoms with van der Waals surface area (Å²) in [6.07, 6.45) is 3.29. The largest absolute Gasteiger partial charge is 0.232 e. The lowest BCUT2D eigenvalue weighted by molar-refractivity contribution is 1.17. The molecule has 0 radical (unpaired) electrons. The van der Waals surface area contributed by atoms with Crippen LogP contribution < -0.4 is 0 Å². The fraction of sp³-hybridized carbons (Fsp3) is 0. The molecule has 1 aliphatic carbocycles. The quantitative estimate of drug-likeness (QED) is 0.427. The van der Waals surface area contributed by atoms with Gasteiger partial charge in [0, 0.05) is 28.9 Å². The van der Waals surface area contributed by atoms with Crippen LogP contribution in [-0.4, -0.2) is 19.9 Å². The Bertz CT molecular complexity index is 930. The van der Waals surface area contributed by atoms with Crippen molar-refractivity contribution < 1.29 is 0 Å². The lowest BCUT2D eigenvalue weighted by Gasteiger charge is -2.01. The standard InChI is InChI=1S/C16H8N4/c1-3-9-4-2-6-11-12(9)10(5-1)13-14(11)20-16-15(19-13)17-7-8-18-16/h1-8H. The van der Waals surface area contributed by atoms with E-state index in [4.69, 9.17) is 0 Å². The summed E-state index contributed by atoms with van der Waals surface area (Å²) < 4.78 is 0. The van der Waals surface area contributed by atoms with Crippen LogP contribution in [0.25, 0.3) is 44.6 Å². The predicted octanol–water partition coefficient (Wildman–Crippen LogP) is 3.22. The van der Waals surface area contributed by atoms with Crippen molar-refractivity contribution in [2.75, 3.05) is 0 Å². The topological polar surface area (TPSA) is 51.6 Å². The maximum Gasteiger partial charge on any atom is 0.198 e. The first kappa shape index (κ1) is 9.97. The Morgan fingerprint density at radius 1 is 0.650 bits per heavy atom. The van der Waals surface area contributed by atoms with E-state index in [9.17, 15) is 0 Å². The fourth-order valence-electron chi connectivity index (χ4n) is 2.91. The number of nitrogens with zero attached hydrogens (tertiary/aromatic N) is 4. The smallest absolute Gasteiger partial charge is 0.198 e. The van der Waals surface area contributed by atoms with E-state index in [1.807, 2.05) is 0 Å². The Balaban J connectivity index is 2.02. The summed E-state index contributed by atoms with van der Waals surface area (Å²) in [7, 11) is 0. The second-order valence-corrected chi connectivity index (χ2v) is 4.83. The van der Waals surface area contributed by atoms with Crippen LogP contribution in [0.15, 0.2) is 48.8 Å². The van der Waals surface area contributed by atoms with Crippen LogP contribution >= 0.6 is 0 Å². The molecule has 4 heteroatoms. The van der Waals surface area contributed by atoms with E-state index in [1.54, 1.807) is 12.4 Å². The van der Waals surface area contributed by atoms with E-state index in [1.165, 1.54) is 10.8 Å². The van der Waals surface area contributed by atoms with Crippen molar-refractivity contribution >= 4 is 22.1 Å². The molecule has 4 aromatic rings. The fourth-order valence-corrected chi connectivity index (χ4v) is 2.91. The summed E-state index contributed by atoms with van der Waals surface area (Å²) in [4.78, 5) is 17.8. The van der Waals surface area contributed by atoms with Gasteiger partial charge in [0.05, 0.1) is 11.4 Å². The molecule has 1 aliphatic rings. The van der Waals surface area contributed by atoms with Gasteiger partial charge in [0.1, 0.15) is 0 Å². The van der Waals surface area contributed by atoms with Gasteiger partial charge in [-0.1, -0.05) is 36.4 Å². The van der Waals surface area contributed by atoms with Gasteiger partial charge in [0.25, 0.3) is 0 Å². The molecule has 20 heavy (non-hydrogen) atoms. The van der Waals surface area contributed by atoms with Gasteiger partial charge in [-0.25, -0.2) is 19.9 Å². The van der Waals surface area contributed by atoms with Crippen LogP contribution in [0.5, 0.6) is 0 Å². The maximum atomic E-state index is 4.66. The van der Waals surface area contributed by atoms with Crippen LogP contribution in [0.1, 0.15) is 0 Å². The SMILES string of the molecule is c1cc2c3c(cccc3c1)-c1nc3nccnc3nc1-2. The van der Waals surface area contributed by atoms with E-state index in [-0.39, 0.29) is 0 Å². The highest BCUT2D eigenvalue weighted by molar-refractivity contribution is 6.13. The Hall–Kier alpha value is -2.88. The first-order valence-corrected chi connectivity index (χ1v) is 6.43. The molecule has 0 aliphatic heterocycles. The van der Waals surface area contributed by atoms with Crippen molar-refractivity contribution in [2.24, 2.45) is 0 Å². The third kappa shape index (κ3) is 1.11. The highest BCUT2D eigenvalue weighted by Gasteiger charge is 2.24. The zero-order valence-corrected chi connectivity index (χ0v) is 10.4. The minimum atomic E-state index is 0.594. The molecule has 0 saturated heterocycles. The van der Waals surface area contributed by atoms with Crippen LogP contribution in [-0.2, 0) is 0 Å². The van der Waals surface area contributed by atoms with Gasteiger partial charge in [-0.15, -0.1) is 0 Å². The monoisotopic (exact) mass is 256 g/mol. The van der Waals surface area contributed by atoms with Crippen molar-refractivity contribution in [1.82, 2.24) is 19.9 Å². The molecule has 0 fully saturated rings. The highest BCUT2D eigenvalue weighted by atomic mass is 15.0. The molecule has 0 unspecified atom stereocenters. The first-order valence-electron chi connectivity index (χ1n) is 6.43. The number of aromatic nitrogens is 4. The minimum absolute atomic E-state index is 0.594. The average Bonchev–Trinajstić information content (AvgIpc) is 2.82. The predicted molar refractivity (Wildman–Crippen MR) is 77.1 cm³/mol. The van der Waals surface area contributed by atoms with Gasteiger partial charge in [-0.05, 0) is 5.39 Å². The first-order chi connectivity index (χ1) is 9.92. The number of fused-ring (bicyclic) bond motifs is 4. The third-order valence-corrected chi connectivity index (χ3v) is 3.73. The summed E-state index contributed by atoms with van der Waals surface area (Å²) in [5.41, 5.74) is 5.27. The average molecular weight is 256 g/mol. The zero-order chi connectivity index (χ0) is 13.1. The molecular formula is C16H8N4. The molecule has 2 heterocycles. The van der Waals surface area contributed by atoms with Crippen molar-refractivity contribution in [3.05, 3.63) is 48.8 Å². The molecule has 0 amide bonds. The lowest BCUT2D eigenvalue weighted by atomic mass is 10.0. The Kier molecular flexibility index (Phi) is 1.68. The zero-order valence-electron chi connectivity index (χ0n) is 10.4. The summed E-state index contributed by atoms with van der Waals surface area (Å²) in [5.74, 6) is 0. The second kappa shape index (κ2) is 3.36. The van der Waals surface area contributed by atoms with Crippen LogP contribution in [0, 0.1) is 0 Å². The second-order valence-electron chi connectivity index (χ2n) is 4.83. The lowest BCUT2D eigenvalue weighted by Crippen LogP contribution is -1.94. The molecule has 0 N–H and O–H groups in total. The highest BCUT2D eigenvalue weighted by Crippen LogP contribution is 2.45. The third-order valence-electron chi connectivity index (χ3n) is 3.73. The van der Waals surface area contributed by atoms with Gasteiger partial charge in [-0.3, -0.25) is 0 Å². The summed E-state index contributed by atoms with van der Waals surface area (Å²) >= 11 is 0. The Labute approximate surface area is 114 Å². The van der Waals surface area contributed by atoms with Crippen molar-refractivity contribution in [3.63, 3.8) is 0 Å². The van der Waals surface area contributed by atoms with Crippen LogP contribution in [0.4, 0.5) is 0 Å². The van der Waals surface area contributed by atoms with Gasteiger partial charge < -0.3 is 0 Å². The molecule has 2 aromatic heterocycles. The van der Waals surface area contributed by atoms with Crippen LogP contribution in [0.3, 0.4) is 0 Å². The van der Waals surface area contributed by atoms with Gasteiger partial charge in [0.15, 0.2) is 11.3 Å². The van der Waals surface area contributed by atoms with E-state index < -0.39 is 0 Å². The van der Waals surface area contributed by atoms with Crippen LogP contribution in [0.2, 0.25) is 0 Å². The minimum Gasteiger partial charge on any atom is -0.232 e. The van der Waals surface area contributed by atoms with E-state index >= 15 is 0 Å². The Morgan fingerprint density at radius 2 is 1.20 bits per heavy atom. The number of benzene rings is 2. The normalized spacial score (nSPS) is 12.0. The van der Waals surface area contributed by atoms with Gasteiger partial charge >= 0.3 is 0 Å². The molecular weight excluding hydrogens is 248 g/mol.